The number of hydrogen-bond donors (Lipinski definition) is 2. The molecular formula is C25H28N4O4. The highest BCUT2D eigenvalue weighted by atomic mass is 16.5. The molecule has 8 nitrogen and oxygen atoms in total. The topological polar surface area (TPSA) is 91.0 Å². The van der Waals surface area contributed by atoms with E-state index in [2.05, 4.69) is 15.5 Å². The van der Waals surface area contributed by atoms with Crippen molar-refractivity contribution in [3.8, 4) is 0 Å². The third-order valence-corrected chi connectivity index (χ3v) is 5.79. The van der Waals surface area contributed by atoms with Crippen molar-refractivity contribution in [2.45, 2.75) is 19.8 Å². The van der Waals surface area contributed by atoms with Gasteiger partial charge in [-0.3, -0.25) is 19.3 Å². The number of anilines is 3. The monoisotopic (exact) mass is 448 g/mol. The quantitative estimate of drug-likeness (QED) is 0.603. The number of nitrogens with one attached hydrogen (secondary N) is 2. The number of nitrogens with zero attached hydrogens (tertiary/aromatic N) is 2. The van der Waals surface area contributed by atoms with E-state index in [4.69, 9.17) is 4.74 Å². The molecule has 0 spiro atoms. The van der Waals surface area contributed by atoms with Gasteiger partial charge in [0.1, 0.15) is 5.70 Å². The lowest BCUT2D eigenvalue weighted by atomic mass is 10.0. The van der Waals surface area contributed by atoms with Gasteiger partial charge in [0, 0.05) is 44.2 Å². The molecule has 2 heterocycles. The van der Waals surface area contributed by atoms with E-state index in [0.717, 1.165) is 24.5 Å². The number of rotatable bonds is 8. The zero-order valence-electron chi connectivity index (χ0n) is 18.9. The predicted octanol–water partition coefficient (Wildman–Crippen LogP) is 3.08. The maximum Gasteiger partial charge on any atom is 0.278 e. The highest BCUT2D eigenvalue weighted by molar-refractivity contribution is 6.36. The molecular weight excluding hydrogens is 420 g/mol. The van der Waals surface area contributed by atoms with E-state index in [1.807, 2.05) is 24.3 Å². The van der Waals surface area contributed by atoms with Crippen LogP contribution in [-0.2, 0) is 19.1 Å². The number of methoxy groups -OCH3 is 1. The van der Waals surface area contributed by atoms with Crippen LogP contribution < -0.4 is 15.5 Å². The Hall–Kier alpha value is -3.65. The minimum Gasteiger partial charge on any atom is -0.383 e. The second-order valence-electron chi connectivity index (χ2n) is 8.13. The Balaban J connectivity index is 1.63. The predicted molar refractivity (Wildman–Crippen MR) is 128 cm³/mol. The van der Waals surface area contributed by atoms with Gasteiger partial charge in [-0.1, -0.05) is 12.1 Å². The summed E-state index contributed by atoms with van der Waals surface area (Å²) < 4.78 is 5.08. The van der Waals surface area contributed by atoms with E-state index in [9.17, 15) is 14.4 Å². The minimum atomic E-state index is -0.387. The lowest BCUT2D eigenvalue weighted by Gasteiger charge is -2.18. The summed E-state index contributed by atoms with van der Waals surface area (Å²) in [7, 11) is 1.53. The molecule has 8 heteroatoms. The van der Waals surface area contributed by atoms with Crippen molar-refractivity contribution < 1.29 is 19.1 Å². The summed E-state index contributed by atoms with van der Waals surface area (Å²) in [4.78, 5) is 41.2. The smallest absolute Gasteiger partial charge is 0.278 e. The molecule has 0 aromatic heterocycles. The fourth-order valence-electron chi connectivity index (χ4n) is 4.14. The second-order valence-corrected chi connectivity index (χ2v) is 8.13. The minimum absolute atomic E-state index is 0.167. The van der Waals surface area contributed by atoms with Crippen LogP contribution in [-0.4, -0.2) is 56.0 Å². The highest BCUT2D eigenvalue weighted by Crippen LogP contribution is 2.32. The molecule has 0 bridgehead atoms. The van der Waals surface area contributed by atoms with Crippen LogP contribution in [0.3, 0.4) is 0 Å². The summed E-state index contributed by atoms with van der Waals surface area (Å²) in [5.74, 6) is -0.943. The van der Waals surface area contributed by atoms with Crippen molar-refractivity contribution in [1.82, 2.24) is 4.90 Å². The van der Waals surface area contributed by atoms with E-state index >= 15 is 0 Å². The lowest BCUT2D eigenvalue weighted by molar-refractivity contribution is -0.137. The molecule has 33 heavy (non-hydrogen) atoms. The van der Waals surface area contributed by atoms with Crippen molar-refractivity contribution in [3.63, 3.8) is 0 Å². The Morgan fingerprint density at radius 1 is 0.939 bits per heavy atom. The van der Waals surface area contributed by atoms with E-state index in [-0.39, 0.29) is 36.6 Å². The summed E-state index contributed by atoms with van der Waals surface area (Å²) in [6, 6.07) is 14.8. The van der Waals surface area contributed by atoms with Crippen molar-refractivity contribution >= 4 is 40.4 Å². The molecule has 0 unspecified atom stereocenters. The van der Waals surface area contributed by atoms with Gasteiger partial charge >= 0.3 is 0 Å². The molecule has 0 radical (unpaired) electrons. The first kappa shape index (κ1) is 22.5. The molecule has 1 fully saturated rings. The normalized spacial score (nSPS) is 16.1. The molecule has 0 saturated carbocycles. The zero-order valence-corrected chi connectivity index (χ0v) is 18.9. The largest absolute Gasteiger partial charge is 0.383 e. The van der Waals surface area contributed by atoms with Crippen LogP contribution in [0.2, 0.25) is 0 Å². The van der Waals surface area contributed by atoms with Crippen LogP contribution in [0.15, 0.2) is 54.2 Å². The van der Waals surface area contributed by atoms with Crippen molar-refractivity contribution in [3.05, 3.63) is 59.8 Å². The number of amides is 3. The fourth-order valence-corrected chi connectivity index (χ4v) is 4.14. The van der Waals surface area contributed by atoms with Crippen LogP contribution in [0, 0.1) is 0 Å². The number of hydrogen-bond acceptors (Lipinski definition) is 6. The molecule has 0 atom stereocenters. The number of imide groups is 1. The first-order valence-electron chi connectivity index (χ1n) is 11.1. The molecule has 2 aromatic rings. The Kier molecular flexibility index (Phi) is 6.74. The molecule has 2 N–H and O–H groups in total. The average Bonchev–Trinajstić information content (AvgIpc) is 3.41. The van der Waals surface area contributed by atoms with E-state index in [0.29, 0.717) is 16.8 Å². The maximum atomic E-state index is 13.2. The number of ether oxygens (including phenoxy) is 1. The van der Waals surface area contributed by atoms with Crippen molar-refractivity contribution in [2.24, 2.45) is 0 Å². The molecule has 2 aliphatic heterocycles. The summed E-state index contributed by atoms with van der Waals surface area (Å²) >= 11 is 0. The molecule has 3 amide bonds. The van der Waals surface area contributed by atoms with Gasteiger partial charge in [-0.2, -0.15) is 0 Å². The molecule has 172 valence electrons. The molecule has 1 saturated heterocycles. The molecule has 4 rings (SSSR count). The number of carbonyl (C=O) groups excluding carboxylic acids is 3. The van der Waals surface area contributed by atoms with Crippen LogP contribution in [0.1, 0.15) is 25.3 Å². The van der Waals surface area contributed by atoms with Gasteiger partial charge in [-0.25, -0.2) is 0 Å². The standard InChI is InChI=1S/C25H28N4O4/c1-17(30)26-19-7-5-18(6-8-19)22-23(25(32)29(24(22)31)15-16-33-2)27-20-9-11-21(12-10-20)28-13-3-4-14-28/h5-12,27H,3-4,13-16H2,1-2H3,(H,26,30). The van der Waals surface area contributed by atoms with Gasteiger partial charge in [0.15, 0.2) is 0 Å². The van der Waals surface area contributed by atoms with Gasteiger partial charge in [0.05, 0.1) is 18.7 Å². The van der Waals surface area contributed by atoms with E-state index in [1.165, 1.54) is 31.8 Å². The zero-order chi connectivity index (χ0) is 23.4. The first-order chi connectivity index (χ1) is 16.0. The Bertz CT molecular complexity index is 1070. The summed E-state index contributed by atoms with van der Waals surface area (Å²) in [6.45, 7) is 3.96. The molecule has 0 aliphatic carbocycles. The van der Waals surface area contributed by atoms with E-state index in [1.54, 1.807) is 24.3 Å². The van der Waals surface area contributed by atoms with Crippen LogP contribution in [0.5, 0.6) is 0 Å². The second kappa shape index (κ2) is 9.87. The number of benzene rings is 2. The number of carbonyl (C=O) groups is 3. The van der Waals surface area contributed by atoms with Gasteiger partial charge in [-0.15, -0.1) is 0 Å². The van der Waals surface area contributed by atoms with Crippen LogP contribution in [0.25, 0.3) is 5.57 Å². The van der Waals surface area contributed by atoms with Gasteiger partial charge in [0.25, 0.3) is 11.8 Å². The van der Waals surface area contributed by atoms with Crippen LogP contribution >= 0.6 is 0 Å². The van der Waals surface area contributed by atoms with Crippen molar-refractivity contribution in [1.29, 1.82) is 0 Å². The maximum absolute atomic E-state index is 13.2. The summed E-state index contributed by atoms with van der Waals surface area (Å²) in [6.07, 6.45) is 2.40. The Morgan fingerprint density at radius 2 is 1.58 bits per heavy atom. The molecule has 2 aliphatic rings. The van der Waals surface area contributed by atoms with Gasteiger partial charge < -0.3 is 20.3 Å². The summed E-state index contributed by atoms with van der Waals surface area (Å²) in [5, 5.41) is 5.88. The van der Waals surface area contributed by atoms with Crippen LogP contribution in [0.4, 0.5) is 17.1 Å². The fraction of sp³-hybridized carbons (Fsp3) is 0.320. The summed E-state index contributed by atoms with van der Waals surface area (Å²) in [5.41, 5.74) is 3.63. The average molecular weight is 449 g/mol. The highest BCUT2D eigenvalue weighted by Gasteiger charge is 2.39. The third-order valence-electron chi connectivity index (χ3n) is 5.79. The Labute approximate surface area is 193 Å². The van der Waals surface area contributed by atoms with Crippen molar-refractivity contribution in [2.75, 3.05) is 48.9 Å². The first-order valence-corrected chi connectivity index (χ1v) is 11.1. The third kappa shape index (κ3) is 4.90. The molecule has 2 aromatic carbocycles. The van der Waals surface area contributed by atoms with E-state index < -0.39 is 0 Å². The van der Waals surface area contributed by atoms with Gasteiger partial charge in [-0.05, 0) is 54.8 Å². The lowest BCUT2D eigenvalue weighted by Crippen LogP contribution is -2.35. The SMILES string of the molecule is COCCN1C(=O)C(Nc2ccc(N3CCCC3)cc2)=C(c2ccc(NC(C)=O)cc2)C1=O. The Morgan fingerprint density at radius 3 is 2.18 bits per heavy atom. The van der Waals surface area contributed by atoms with Gasteiger partial charge in [0.2, 0.25) is 5.91 Å².